The lowest BCUT2D eigenvalue weighted by atomic mass is 9.90. The quantitative estimate of drug-likeness (QED) is 0.714. The maximum atomic E-state index is 2.50. The van der Waals surface area contributed by atoms with E-state index in [-0.39, 0.29) is 0 Å². The molecule has 1 nitrogen and oxygen atoms in total. The highest BCUT2D eigenvalue weighted by molar-refractivity contribution is 5.29. The molecule has 0 N–H and O–H groups in total. The molecule has 1 atom stereocenters. The Bertz CT molecular complexity index is 330. The van der Waals surface area contributed by atoms with Crippen LogP contribution in [0.2, 0.25) is 0 Å². The van der Waals surface area contributed by atoms with Gasteiger partial charge in [-0.05, 0) is 36.9 Å². The van der Waals surface area contributed by atoms with Gasteiger partial charge in [-0.3, -0.25) is 4.90 Å². The number of nitrogens with zero attached hydrogens (tertiary/aromatic N) is 1. The first kappa shape index (κ1) is 10.7. The fraction of sp³-hybridized carbons (Fsp3) is 0.571. The fourth-order valence-corrected chi connectivity index (χ4v) is 2.53. The lowest BCUT2D eigenvalue weighted by Gasteiger charge is -2.35. The van der Waals surface area contributed by atoms with Crippen molar-refractivity contribution < 1.29 is 0 Å². The minimum Gasteiger partial charge on any atom is -0.299 e. The minimum atomic E-state index is 0.736. The Kier molecular flexibility index (Phi) is 3.11. The third-order valence-electron chi connectivity index (χ3n) is 3.36. The third kappa shape index (κ3) is 2.40. The number of rotatable bonds is 2. The van der Waals surface area contributed by atoms with Crippen LogP contribution in [0, 0.1) is 5.92 Å². The summed E-state index contributed by atoms with van der Waals surface area (Å²) in [7, 11) is 2.25. The summed E-state index contributed by atoms with van der Waals surface area (Å²) in [6.45, 7) is 5.75. The van der Waals surface area contributed by atoms with Crippen LogP contribution < -0.4 is 0 Å². The highest BCUT2D eigenvalue weighted by Gasteiger charge is 2.23. The van der Waals surface area contributed by atoms with Crippen molar-refractivity contribution in [2.45, 2.75) is 39.3 Å². The number of benzene rings is 1. The van der Waals surface area contributed by atoms with Crippen molar-refractivity contribution in [3.63, 3.8) is 0 Å². The van der Waals surface area contributed by atoms with Crippen LogP contribution in [-0.2, 0) is 13.0 Å². The van der Waals surface area contributed by atoms with Gasteiger partial charge in [-0.2, -0.15) is 0 Å². The molecule has 0 aliphatic carbocycles. The summed E-state index contributed by atoms with van der Waals surface area (Å²) in [5.74, 6) is 0.794. The van der Waals surface area contributed by atoms with Crippen molar-refractivity contribution in [2.75, 3.05) is 7.05 Å². The first-order valence-electron chi connectivity index (χ1n) is 5.94. The number of likely N-dealkylation sites (N-methyl/N-ethyl adjacent to an activating group) is 1. The number of fused-ring (bicyclic) bond motifs is 1. The van der Waals surface area contributed by atoms with Crippen LogP contribution in [0.5, 0.6) is 0 Å². The van der Waals surface area contributed by atoms with Crippen molar-refractivity contribution >= 4 is 0 Å². The molecule has 1 aromatic carbocycles. The highest BCUT2D eigenvalue weighted by Crippen LogP contribution is 2.25. The van der Waals surface area contributed by atoms with Gasteiger partial charge in [0.2, 0.25) is 0 Å². The van der Waals surface area contributed by atoms with Gasteiger partial charge in [0.05, 0.1) is 0 Å². The zero-order valence-electron chi connectivity index (χ0n) is 10.0. The molecule has 0 spiro atoms. The second-order valence-corrected chi connectivity index (χ2v) is 5.17. The van der Waals surface area contributed by atoms with Crippen LogP contribution >= 0.6 is 0 Å². The maximum Gasteiger partial charge on any atom is 0.0236 e. The lowest BCUT2D eigenvalue weighted by molar-refractivity contribution is 0.189. The van der Waals surface area contributed by atoms with E-state index in [0.29, 0.717) is 0 Å². The van der Waals surface area contributed by atoms with E-state index in [9.17, 15) is 0 Å². The molecule has 0 amide bonds. The summed E-state index contributed by atoms with van der Waals surface area (Å²) in [5, 5.41) is 0. The van der Waals surface area contributed by atoms with Gasteiger partial charge in [0.15, 0.2) is 0 Å². The topological polar surface area (TPSA) is 3.24 Å². The molecular formula is C14H21N. The number of hydrogen-bond donors (Lipinski definition) is 0. The van der Waals surface area contributed by atoms with Crippen molar-refractivity contribution in [2.24, 2.45) is 5.92 Å². The summed E-state index contributed by atoms with van der Waals surface area (Å²) in [4.78, 5) is 2.50. The molecule has 0 radical (unpaired) electrons. The molecule has 15 heavy (non-hydrogen) atoms. The van der Waals surface area contributed by atoms with Gasteiger partial charge >= 0.3 is 0 Å². The molecule has 1 aromatic rings. The minimum absolute atomic E-state index is 0.736. The van der Waals surface area contributed by atoms with E-state index in [1.54, 1.807) is 5.56 Å². The zero-order valence-corrected chi connectivity index (χ0v) is 10.0. The Morgan fingerprint density at radius 2 is 1.93 bits per heavy atom. The van der Waals surface area contributed by atoms with Crippen molar-refractivity contribution in [1.29, 1.82) is 0 Å². The van der Waals surface area contributed by atoms with Crippen LogP contribution in [-0.4, -0.2) is 18.0 Å². The molecule has 0 fully saturated rings. The molecule has 1 aliphatic heterocycles. The van der Waals surface area contributed by atoms with Gasteiger partial charge in [-0.25, -0.2) is 0 Å². The molecule has 82 valence electrons. The molecule has 0 aromatic heterocycles. The largest absolute Gasteiger partial charge is 0.299 e. The van der Waals surface area contributed by atoms with Crippen molar-refractivity contribution in [3.8, 4) is 0 Å². The Morgan fingerprint density at radius 1 is 1.27 bits per heavy atom. The van der Waals surface area contributed by atoms with Crippen LogP contribution in [0.1, 0.15) is 31.4 Å². The Balaban J connectivity index is 2.14. The standard InChI is InChI=1S/C14H21N/c1-11(2)8-14-9-12-6-4-5-7-13(12)10-15(14)3/h4-7,11,14H,8-10H2,1-3H3. The molecular weight excluding hydrogens is 182 g/mol. The summed E-state index contributed by atoms with van der Waals surface area (Å²) in [6.07, 6.45) is 2.54. The molecule has 2 rings (SSSR count). The SMILES string of the molecule is CC(C)CC1Cc2ccccc2CN1C. The van der Waals surface area contributed by atoms with Crippen LogP contribution in [0.15, 0.2) is 24.3 Å². The Morgan fingerprint density at radius 3 is 2.60 bits per heavy atom. The van der Waals surface area contributed by atoms with E-state index in [0.717, 1.165) is 18.5 Å². The summed E-state index contributed by atoms with van der Waals surface area (Å²) in [6, 6.07) is 9.60. The average Bonchev–Trinajstić information content (AvgIpc) is 2.18. The first-order valence-corrected chi connectivity index (χ1v) is 5.94. The van der Waals surface area contributed by atoms with E-state index >= 15 is 0 Å². The van der Waals surface area contributed by atoms with Gasteiger partial charge in [0, 0.05) is 12.6 Å². The molecule has 0 bridgehead atoms. The Labute approximate surface area is 93.1 Å². The molecule has 1 unspecified atom stereocenters. The summed E-state index contributed by atoms with van der Waals surface area (Å²) >= 11 is 0. The average molecular weight is 203 g/mol. The van der Waals surface area contributed by atoms with Crippen molar-refractivity contribution in [1.82, 2.24) is 4.90 Å². The van der Waals surface area contributed by atoms with E-state index < -0.39 is 0 Å². The van der Waals surface area contributed by atoms with E-state index in [4.69, 9.17) is 0 Å². The normalized spacial score (nSPS) is 21.7. The van der Waals surface area contributed by atoms with Gasteiger partial charge in [-0.15, -0.1) is 0 Å². The van der Waals surface area contributed by atoms with E-state index in [1.165, 1.54) is 18.4 Å². The van der Waals surface area contributed by atoms with Gasteiger partial charge in [0.25, 0.3) is 0 Å². The molecule has 1 heterocycles. The van der Waals surface area contributed by atoms with Gasteiger partial charge in [-0.1, -0.05) is 38.1 Å². The smallest absolute Gasteiger partial charge is 0.0236 e. The summed E-state index contributed by atoms with van der Waals surface area (Å²) in [5.41, 5.74) is 3.07. The second-order valence-electron chi connectivity index (χ2n) is 5.17. The number of hydrogen-bond acceptors (Lipinski definition) is 1. The predicted octanol–water partition coefficient (Wildman–Crippen LogP) is 3.09. The molecule has 1 heteroatoms. The van der Waals surface area contributed by atoms with Gasteiger partial charge in [0.1, 0.15) is 0 Å². The molecule has 1 aliphatic rings. The van der Waals surface area contributed by atoms with Crippen LogP contribution in [0.4, 0.5) is 0 Å². The fourth-order valence-electron chi connectivity index (χ4n) is 2.53. The highest BCUT2D eigenvalue weighted by atomic mass is 15.1. The monoisotopic (exact) mass is 203 g/mol. The predicted molar refractivity (Wildman–Crippen MR) is 64.9 cm³/mol. The van der Waals surface area contributed by atoms with Gasteiger partial charge < -0.3 is 0 Å². The molecule has 0 saturated heterocycles. The van der Waals surface area contributed by atoms with E-state index in [2.05, 4.69) is 50.1 Å². The Hall–Kier alpha value is -0.820. The van der Waals surface area contributed by atoms with Crippen molar-refractivity contribution in [3.05, 3.63) is 35.4 Å². The zero-order chi connectivity index (χ0) is 10.8. The second kappa shape index (κ2) is 4.36. The third-order valence-corrected chi connectivity index (χ3v) is 3.36. The molecule has 0 saturated carbocycles. The lowest BCUT2D eigenvalue weighted by Crippen LogP contribution is -2.38. The first-order chi connectivity index (χ1) is 7.16. The summed E-state index contributed by atoms with van der Waals surface area (Å²) < 4.78 is 0. The maximum absolute atomic E-state index is 2.50. The van der Waals surface area contributed by atoms with Crippen LogP contribution in [0.3, 0.4) is 0 Å². The van der Waals surface area contributed by atoms with Crippen LogP contribution in [0.25, 0.3) is 0 Å². The van der Waals surface area contributed by atoms with E-state index in [1.807, 2.05) is 0 Å².